The summed E-state index contributed by atoms with van der Waals surface area (Å²) in [5, 5.41) is 28.5. The largest absolute Gasteiger partial charge is 0.508 e. The molecular formula is C23H18N4O3S2. The van der Waals surface area contributed by atoms with E-state index < -0.39 is 10.0 Å². The number of benzene rings is 3. The van der Waals surface area contributed by atoms with Crippen LogP contribution in [0, 0.1) is 0 Å². The summed E-state index contributed by atoms with van der Waals surface area (Å²) in [7, 11) is -3.73. The number of nitrogens with zero attached hydrogens (tertiary/aromatic N) is 1. The molecule has 5 rings (SSSR count). The highest BCUT2D eigenvalue weighted by Crippen LogP contribution is 2.39. The first-order valence-corrected chi connectivity index (χ1v) is 12.1. The topological polar surface area (TPSA) is 121 Å². The predicted molar refractivity (Wildman–Crippen MR) is 128 cm³/mol. The van der Waals surface area contributed by atoms with Gasteiger partial charge in [-0.3, -0.25) is 5.10 Å². The number of thiophene rings is 1. The molecule has 3 aromatic carbocycles. The average molecular weight is 463 g/mol. The number of nitrogens with one attached hydrogen (secondary N) is 2. The van der Waals surface area contributed by atoms with Crippen molar-refractivity contribution in [1.82, 2.24) is 10.2 Å². The Morgan fingerprint density at radius 3 is 2.44 bits per heavy atom. The van der Waals surface area contributed by atoms with Crippen molar-refractivity contribution in [2.45, 2.75) is 4.90 Å². The van der Waals surface area contributed by atoms with Gasteiger partial charge in [0.05, 0.1) is 10.6 Å². The number of H-pyrrole nitrogens is 1. The number of anilines is 2. The quantitative estimate of drug-likeness (QED) is 0.291. The molecule has 2 heterocycles. The van der Waals surface area contributed by atoms with Crippen LogP contribution in [0.4, 0.5) is 11.5 Å². The minimum Gasteiger partial charge on any atom is -0.508 e. The second-order valence-electron chi connectivity index (χ2n) is 7.24. The second kappa shape index (κ2) is 7.79. The third-order valence-corrected chi connectivity index (χ3v) is 7.06. The maximum absolute atomic E-state index is 11.4. The van der Waals surface area contributed by atoms with Crippen molar-refractivity contribution in [3.63, 3.8) is 0 Å². The lowest BCUT2D eigenvalue weighted by Crippen LogP contribution is -2.11. The molecular weight excluding hydrogens is 444 g/mol. The molecule has 2 aromatic heterocycles. The molecule has 0 atom stereocenters. The van der Waals surface area contributed by atoms with Gasteiger partial charge in [-0.25, -0.2) is 13.6 Å². The maximum atomic E-state index is 11.4. The van der Waals surface area contributed by atoms with Crippen LogP contribution in [0.1, 0.15) is 0 Å². The number of aromatic amines is 1. The SMILES string of the molecule is NS(=O)(=O)c1ccc(Nc2cc(-c3csc4c(-c5ccc(O)cc5)cccc34)[nH]n2)cc1. The predicted octanol–water partition coefficient (Wildman–Crippen LogP) is 5.06. The van der Waals surface area contributed by atoms with Crippen molar-refractivity contribution in [2.75, 3.05) is 5.32 Å². The number of phenols is 1. The van der Waals surface area contributed by atoms with Crippen LogP contribution >= 0.6 is 11.3 Å². The molecule has 0 spiro atoms. The zero-order chi connectivity index (χ0) is 22.3. The molecule has 0 fully saturated rings. The summed E-state index contributed by atoms with van der Waals surface area (Å²) in [5.74, 6) is 0.849. The first-order valence-electron chi connectivity index (χ1n) is 9.64. The summed E-state index contributed by atoms with van der Waals surface area (Å²) in [6.45, 7) is 0. The second-order valence-corrected chi connectivity index (χ2v) is 9.68. The van der Waals surface area contributed by atoms with Gasteiger partial charge in [-0.05, 0) is 47.5 Å². The molecule has 9 heteroatoms. The molecule has 0 unspecified atom stereocenters. The van der Waals surface area contributed by atoms with E-state index in [2.05, 4.69) is 33.0 Å². The van der Waals surface area contributed by atoms with Crippen molar-refractivity contribution in [1.29, 1.82) is 0 Å². The Kier molecular flexibility index (Phi) is 4.93. The molecule has 32 heavy (non-hydrogen) atoms. The summed E-state index contributed by atoms with van der Waals surface area (Å²) in [6.07, 6.45) is 0. The van der Waals surface area contributed by atoms with Crippen LogP contribution in [0.2, 0.25) is 0 Å². The zero-order valence-corrected chi connectivity index (χ0v) is 18.2. The highest BCUT2D eigenvalue weighted by molar-refractivity contribution is 7.89. The van der Waals surface area contributed by atoms with E-state index in [-0.39, 0.29) is 10.6 Å². The van der Waals surface area contributed by atoms with Crippen LogP contribution in [0.15, 0.2) is 83.1 Å². The van der Waals surface area contributed by atoms with Crippen molar-refractivity contribution >= 4 is 43.0 Å². The zero-order valence-electron chi connectivity index (χ0n) is 16.6. The van der Waals surface area contributed by atoms with E-state index in [1.807, 2.05) is 24.3 Å². The number of aromatic hydroxyl groups is 1. The van der Waals surface area contributed by atoms with E-state index in [0.717, 1.165) is 32.5 Å². The highest BCUT2D eigenvalue weighted by Gasteiger charge is 2.13. The molecule has 5 aromatic rings. The minimum atomic E-state index is -3.73. The Balaban J connectivity index is 1.44. The van der Waals surface area contributed by atoms with Gasteiger partial charge in [0.1, 0.15) is 5.75 Å². The lowest BCUT2D eigenvalue weighted by atomic mass is 10.0. The van der Waals surface area contributed by atoms with Crippen LogP contribution in [-0.4, -0.2) is 23.7 Å². The maximum Gasteiger partial charge on any atom is 0.238 e. The van der Waals surface area contributed by atoms with Gasteiger partial charge in [-0.15, -0.1) is 11.3 Å². The van der Waals surface area contributed by atoms with Crippen molar-refractivity contribution in [3.8, 4) is 28.1 Å². The van der Waals surface area contributed by atoms with Gasteiger partial charge < -0.3 is 10.4 Å². The van der Waals surface area contributed by atoms with Crippen molar-refractivity contribution in [2.24, 2.45) is 5.14 Å². The fourth-order valence-electron chi connectivity index (χ4n) is 3.53. The van der Waals surface area contributed by atoms with Gasteiger partial charge in [-0.1, -0.05) is 30.3 Å². The molecule has 0 aliphatic carbocycles. The van der Waals surface area contributed by atoms with E-state index in [4.69, 9.17) is 5.14 Å². The van der Waals surface area contributed by atoms with E-state index in [9.17, 15) is 13.5 Å². The van der Waals surface area contributed by atoms with Gasteiger partial charge in [0.15, 0.2) is 5.82 Å². The van der Waals surface area contributed by atoms with Crippen molar-refractivity contribution < 1.29 is 13.5 Å². The fourth-order valence-corrected chi connectivity index (χ4v) is 5.16. The first-order chi connectivity index (χ1) is 15.4. The number of aromatic nitrogens is 2. The third kappa shape index (κ3) is 3.84. The Hall–Kier alpha value is -3.66. The third-order valence-electron chi connectivity index (χ3n) is 5.10. The van der Waals surface area contributed by atoms with Crippen LogP contribution < -0.4 is 10.5 Å². The monoisotopic (exact) mass is 462 g/mol. The molecule has 7 nitrogen and oxygen atoms in total. The smallest absolute Gasteiger partial charge is 0.238 e. The van der Waals surface area contributed by atoms with E-state index >= 15 is 0 Å². The number of fused-ring (bicyclic) bond motifs is 1. The average Bonchev–Trinajstić information content (AvgIpc) is 3.41. The molecule has 0 saturated carbocycles. The molecule has 0 bridgehead atoms. The molecule has 0 aliphatic heterocycles. The first kappa shape index (κ1) is 20.3. The molecule has 160 valence electrons. The number of hydrogen-bond donors (Lipinski definition) is 4. The normalized spacial score (nSPS) is 11.7. The van der Waals surface area contributed by atoms with Gasteiger partial charge in [-0.2, -0.15) is 5.10 Å². The Morgan fingerprint density at radius 1 is 0.969 bits per heavy atom. The summed E-state index contributed by atoms with van der Waals surface area (Å²) in [5.41, 5.74) is 4.74. The number of hydrogen-bond acceptors (Lipinski definition) is 6. The lowest BCUT2D eigenvalue weighted by Gasteiger charge is -2.04. The van der Waals surface area contributed by atoms with E-state index in [1.54, 1.807) is 35.6 Å². The minimum absolute atomic E-state index is 0.0555. The Bertz CT molecular complexity index is 1520. The van der Waals surface area contributed by atoms with E-state index in [0.29, 0.717) is 11.5 Å². The number of nitrogens with two attached hydrogens (primary N) is 1. The Morgan fingerprint density at radius 2 is 1.72 bits per heavy atom. The number of sulfonamides is 1. The summed E-state index contributed by atoms with van der Waals surface area (Å²) < 4.78 is 24.0. The van der Waals surface area contributed by atoms with Gasteiger partial charge in [0.25, 0.3) is 0 Å². The molecule has 0 radical (unpaired) electrons. The summed E-state index contributed by atoms with van der Waals surface area (Å²) >= 11 is 1.65. The van der Waals surface area contributed by atoms with Gasteiger partial charge >= 0.3 is 0 Å². The van der Waals surface area contributed by atoms with Crippen LogP contribution in [-0.2, 0) is 10.0 Å². The number of primary sulfonamides is 1. The molecule has 0 amide bonds. The molecule has 5 N–H and O–H groups in total. The lowest BCUT2D eigenvalue weighted by molar-refractivity contribution is 0.475. The molecule has 0 saturated heterocycles. The van der Waals surface area contributed by atoms with Gasteiger partial charge in [0, 0.05) is 32.8 Å². The fraction of sp³-hybridized carbons (Fsp3) is 0. The Labute approximate surface area is 188 Å². The van der Waals surface area contributed by atoms with Crippen LogP contribution in [0.25, 0.3) is 32.5 Å². The van der Waals surface area contributed by atoms with E-state index in [1.165, 1.54) is 12.1 Å². The number of rotatable bonds is 5. The van der Waals surface area contributed by atoms with Crippen LogP contribution in [0.5, 0.6) is 5.75 Å². The van der Waals surface area contributed by atoms with Gasteiger partial charge in [0.2, 0.25) is 10.0 Å². The number of phenolic OH excluding ortho intramolecular Hbond substituents is 1. The molecule has 0 aliphatic rings. The van der Waals surface area contributed by atoms with Crippen molar-refractivity contribution in [3.05, 3.63) is 78.2 Å². The standard InChI is InChI=1S/C23H18N4O3S2/c24-32(29,30)17-10-6-15(7-11-17)25-22-12-21(26-27-22)20-13-31-23-18(2-1-3-19(20)23)14-4-8-16(28)9-5-14/h1-13,28H,(H2,24,29,30)(H2,25,26,27). The summed E-state index contributed by atoms with van der Waals surface area (Å²) in [4.78, 5) is 0.0555. The van der Waals surface area contributed by atoms with Crippen LogP contribution in [0.3, 0.4) is 0 Å². The highest BCUT2D eigenvalue weighted by atomic mass is 32.2. The summed E-state index contributed by atoms with van der Waals surface area (Å²) in [6, 6.07) is 21.4.